The summed E-state index contributed by atoms with van der Waals surface area (Å²) in [5, 5.41) is 5.48. The van der Waals surface area contributed by atoms with Crippen molar-refractivity contribution >= 4 is 24.8 Å². The van der Waals surface area contributed by atoms with Crippen LogP contribution in [-0.4, -0.2) is 3.26 Å². The van der Waals surface area contributed by atoms with Crippen LogP contribution in [0.1, 0.15) is 70.2 Å². The third-order valence-corrected chi connectivity index (χ3v) is 9.22. The van der Waals surface area contributed by atoms with Gasteiger partial charge in [0.2, 0.25) is 0 Å². The van der Waals surface area contributed by atoms with Crippen LogP contribution in [-0.2, 0) is 34.7 Å². The van der Waals surface area contributed by atoms with Gasteiger partial charge in [0.05, 0.1) is 0 Å². The van der Waals surface area contributed by atoms with Crippen LogP contribution < -0.4 is 24.8 Å². The first kappa shape index (κ1) is 35.7. The van der Waals surface area contributed by atoms with Crippen molar-refractivity contribution in [3.05, 3.63) is 150 Å². The molecule has 0 fully saturated rings. The van der Waals surface area contributed by atoms with E-state index in [1.54, 1.807) is 0 Å². The summed E-state index contributed by atoms with van der Waals surface area (Å²) in [5.74, 6) is 0. The molecule has 3 heteroatoms. The Morgan fingerprint density at radius 3 is 1.38 bits per heavy atom. The predicted octanol–water partition coefficient (Wildman–Crippen LogP) is 4.42. The van der Waals surface area contributed by atoms with Gasteiger partial charge in [-0.05, 0) is 10.8 Å². The molecule has 5 aromatic rings. The Morgan fingerprint density at radius 2 is 1.07 bits per heavy atom. The summed E-state index contributed by atoms with van der Waals surface area (Å²) in [6.45, 7) is 13.6. The standard InChI is InChI=1S/C21H25.C13H10.C5H5.2ClH.Hf/c1-20(2,3)16-7-9-18-14(12-16)11-15-13-17(21(4,5)6)8-10-19(15)18;1-3-7-12(8-4-1)11-13-9-5-2-6-10-13;1-2-4-5-3-1;;;/h7-13H,1-6H3;1-10H;1-3H,4H2;2*1H;/q-1;;-1;;;+2/p-2. The molecule has 0 heterocycles. The fraction of sp³-hybridized carbons (Fsp3) is 0.231. The Kier molecular flexibility index (Phi) is 13.5. The average molecular weight is 758 g/mol. The number of hydrogen-bond acceptors (Lipinski definition) is 0. The number of hydrogen-bond donors (Lipinski definition) is 0. The zero-order chi connectivity index (χ0) is 28.8. The molecule has 0 radical (unpaired) electrons. The van der Waals surface area contributed by atoms with Gasteiger partial charge in [-0.25, -0.2) is 12.2 Å². The van der Waals surface area contributed by atoms with E-state index in [9.17, 15) is 0 Å². The first-order valence-corrected chi connectivity index (χ1v) is 15.9. The van der Waals surface area contributed by atoms with Crippen molar-refractivity contribution in [2.45, 2.75) is 58.8 Å². The Labute approximate surface area is 280 Å². The molecule has 0 bridgehead atoms. The Hall–Kier alpha value is -2.45. The van der Waals surface area contributed by atoms with Crippen LogP contribution in [0.3, 0.4) is 0 Å². The van der Waals surface area contributed by atoms with Crippen LogP contribution in [0.5, 0.6) is 0 Å². The first-order valence-electron chi connectivity index (χ1n) is 14.1. The fourth-order valence-corrected chi connectivity index (χ4v) is 5.87. The van der Waals surface area contributed by atoms with E-state index in [-0.39, 0.29) is 35.6 Å². The van der Waals surface area contributed by atoms with E-state index in [1.807, 2.05) is 12.2 Å². The average Bonchev–Trinajstić information content (AvgIpc) is 3.64. The molecule has 0 aliphatic heterocycles. The molecule has 216 valence electrons. The molecule has 0 N–H and O–H groups in total. The van der Waals surface area contributed by atoms with Crippen LogP contribution in [0.25, 0.3) is 21.5 Å². The van der Waals surface area contributed by atoms with Gasteiger partial charge in [-0.15, -0.1) is 46.2 Å². The molecule has 1 aliphatic carbocycles. The van der Waals surface area contributed by atoms with Gasteiger partial charge in [0.1, 0.15) is 0 Å². The van der Waals surface area contributed by atoms with Gasteiger partial charge in [-0.3, -0.25) is 6.08 Å². The van der Waals surface area contributed by atoms with Crippen LogP contribution >= 0.6 is 0 Å². The van der Waals surface area contributed by atoms with Crippen molar-refractivity contribution in [1.82, 2.24) is 0 Å². The summed E-state index contributed by atoms with van der Waals surface area (Å²) >= 11 is 1.08. The molecule has 0 atom stereocenters. The Balaban J connectivity index is 0.000000253. The number of allylic oxidation sites excluding steroid dienone is 4. The molecule has 5 aromatic carbocycles. The van der Waals surface area contributed by atoms with Crippen molar-refractivity contribution in [3.8, 4) is 0 Å². The van der Waals surface area contributed by atoms with Gasteiger partial charge >= 0.3 is 98.9 Å². The van der Waals surface area contributed by atoms with Gasteiger partial charge in [-0.2, -0.15) is 6.08 Å². The summed E-state index contributed by atoms with van der Waals surface area (Å²) in [6, 6.07) is 37.4. The van der Waals surface area contributed by atoms with Crippen molar-refractivity contribution < 1.29 is 48.7 Å². The topological polar surface area (TPSA) is 0 Å². The van der Waals surface area contributed by atoms with Crippen LogP contribution in [0, 0.1) is 6.08 Å². The van der Waals surface area contributed by atoms with Gasteiger partial charge in [0, 0.05) is 0 Å². The Morgan fingerprint density at radius 1 is 0.643 bits per heavy atom. The SMILES string of the molecule is CC(C)(C)c1ccc2c(c1)[cH-]c1cc(C(C)(C)C)ccc12.[C-]1=CC=CC1.[Cl-].[Cl-].[Hf+2]=[C](c1ccccc1)c1ccccc1. The zero-order valence-electron chi connectivity index (χ0n) is 25.5. The summed E-state index contributed by atoms with van der Waals surface area (Å²) in [5.41, 5.74) is 5.92. The number of fused-ring (bicyclic) bond motifs is 3. The molecule has 0 saturated heterocycles. The minimum atomic E-state index is 0. The van der Waals surface area contributed by atoms with Crippen LogP contribution in [0.2, 0.25) is 0 Å². The third-order valence-electron chi connectivity index (χ3n) is 7.15. The van der Waals surface area contributed by atoms with E-state index in [0.717, 1.165) is 30.3 Å². The van der Waals surface area contributed by atoms with Gasteiger partial charge < -0.3 is 24.8 Å². The molecule has 0 aromatic heterocycles. The van der Waals surface area contributed by atoms with Gasteiger partial charge in [-0.1, -0.05) is 76.9 Å². The molecule has 1 aliphatic rings. The third kappa shape index (κ3) is 9.53. The summed E-state index contributed by atoms with van der Waals surface area (Å²) in [7, 11) is 0. The summed E-state index contributed by atoms with van der Waals surface area (Å²) in [4.78, 5) is 0. The molecule has 0 unspecified atom stereocenters. The quantitative estimate of drug-likeness (QED) is 0.185. The van der Waals surface area contributed by atoms with Crippen molar-refractivity contribution in [1.29, 1.82) is 0 Å². The molecule has 0 amide bonds. The second-order valence-electron chi connectivity index (χ2n) is 12.4. The van der Waals surface area contributed by atoms with E-state index in [0.29, 0.717) is 0 Å². The molecule has 0 saturated carbocycles. The van der Waals surface area contributed by atoms with E-state index in [4.69, 9.17) is 0 Å². The normalized spacial score (nSPS) is 12.0. The number of rotatable bonds is 2. The monoisotopic (exact) mass is 758 g/mol. The summed E-state index contributed by atoms with van der Waals surface area (Å²) in [6.07, 6.45) is 10.0. The molecule has 0 nitrogen and oxygen atoms in total. The molecule has 0 spiro atoms. The van der Waals surface area contributed by atoms with E-state index in [1.165, 1.54) is 47.1 Å². The fourth-order valence-electron chi connectivity index (χ4n) is 4.67. The summed E-state index contributed by atoms with van der Waals surface area (Å²) < 4.78 is 1.46. The second-order valence-corrected chi connectivity index (χ2v) is 14.2. The first-order chi connectivity index (χ1) is 19.0. The van der Waals surface area contributed by atoms with Crippen molar-refractivity contribution in [3.63, 3.8) is 0 Å². The molecular formula is C39H40Cl2Hf-2. The van der Waals surface area contributed by atoms with Gasteiger partial charge in [0.15, 0.2) is 0 Å². The Bertz CT molecular complexity index is 1510. The van der Waals surface area contributed by atoms with Gasteiger partial charge in [0.25, 0.3) is 0 Å². The molecule has 42 heavy (non-hydrogen) atoms. The maximum absolute atomic E-state index is 2.99. The zero-order valence-corrected chi connectivity index (χ0v) is 30.6. The van der Waals surface area contributed by atoms with Crippen molar-refractivity contribution in [2.24, 2.45) is 0 Å². The van der Waals surface area contributed by atoms with E-state index >= 15 is 0 Å². The number of halogens is 2. The second kappa shape index (κ2) is 15.9. The van der Waals surface area contributed by atoms with E-state index in [2.05, 4.69) is 157 Å². The predicted molar refractivity (Wildman–Crippen MR) is 172 cm³/mol. The van der Waals surface area contributed by atoms with Crippen LogP contribution in [0.4, 0.5) is 0 Å². The van der Waals surface area contributed by atoms with E-state index < -0.39 is 0 Å². The maximum atomic E-state index is 2.99. The van der Waals surface area contributed by atoms with Crippen molar-refractivity contribution in [2.75, 3.05) is 0 Å². The minimum absolute atomic E-state index is 0. The molecular weight excluding hydrogens is 718 g/mol. The molecule has 6 rings (SSSR count). The van der Waals surface area contributed by atoms with Crippen LogP contribution in [0.15, 0.2) is 121 Å². The number of benzene rings is 4.